The van der Waals surface area contributed by atoms with Crippen molar-refractivity contribution in [2.45, 2.75) is 116 Å². The molecule has 2 aliphatic carbocycles. The summed E-state index contributed by atoms with van der Waals surface area (Å²) in [5.74, 6) is 0.951. The number of amides is 3. The first-order valence-electron chi connectivity index (χ1n) is 22.5. The van der Waals surface area contributed by atoms with Crippen molar-refractivity contribution in [1.29, 1.82) is 0 Å². The Kier molecular flexibility index (Phi) is 11.0. The quantitative estimate of drug-likeness (QED) is 0.135. The monoisotopic (exact) mass is 839 g/mol. The number of benzene rings is 3. The largest absolute Gasteiger partial charge is 0.453 e. The zero-order valence-corrected chi connectivity index (χ0v) is 36.4. The van der Waals surface area contributed by atoms with Crippen molar-refractivity contribution in [2.75, 3.05) is 20.2 Å². The maximum atomic E-state index is 13.9. The fourth-order valence-electron chi connectivity index (χ4n) is 10.9. The van der Waals surface area contributed by atoms with E-state index in [1.807, 2.05) is 62.9 Å². The molecule has 9 rings (SSSR count). The molecule has 13 nitrogen and oxygen atoms in total. The minimum absolute atomic E-state index is 0.105. The molecule has 2 unspecified atom stereocenters. The number of rotatable bonds is 9. The molecular weight excluding hydrogens is 783 g/mol. The molecule has 0 bridgehead atoms. The van der Waals surface area contributed by atoms with E-state index in [1.165, 1.54) is 43.9 Å². The van der Waals surface area contributed by atoms with Gasteiger partial charge < -0.3 is 29.8 Å². The number of hydrogen-bond donors (Lipinski definition) is 3. The Morgan fingerprint density at radius 2 is 1.27 bits per heavy atom. The number of nitrogens with zero attached hydrogens (tertiary/aromatic N) is 4. The van der Waals surface area contributed by atoms with Crippen molar-refractivity contribution in [1.82, 2.24) is 35.1 Å². The van der Waals surface area contributed by atoms with Gasteiger partial charge in [0.1, 0.15) is 17.7 Å². The summed E-state index contributed by atoms with van der Waals surface area (Å²) >= 11 is 0. The molecule has 2 saturated heterocycles. The van der Waals surface area contributed by atoms with E-state index in [0.717, 1.165) is 54.4 Å². The smallest absolute Gasteiger partial charge is 0.407 e. The van der Waals surface area contributed by atoms with Gasteiger partial charge in [-0.15, -0.1) is 0 Å². The Hall–Kier alpha value is -5.85. The van der Waals surface area contributed by atoms with Crippen LogP contribution in [0.25, 0.3) is 44.1 Å². The summed E-state index contributed by atoms with van der Waals surface area (Å²) in [4.78, 5) is 86.1. The first-order valence-corrected chi connectivity index (χ1v) is 22.5. The van der Waals surface area contributed by atoms with Crippen LogP contribution in [0.5, 0.6) is 0 Å². The van der Waals surface area contributed by atoms with Crippen molar-refractivity contribution in [2.24, 2.45) is 17.3 Å². The zero-order chi connectivity index (χ0) is 43.4. The lowest BCUT2D eigenvalue weighted by Gasteiger charge is -2.30. The van der Waals surface area contributed by atoms with Crippen molar-refractivity contribution in [3.8, 4) is 22.3 Å². The highest BCUT2D eigenvalue weighted by Gasteiger charge is 2.42. The van der Waals surface area contributed by atoms with E-state index in [0.29, 0.717) is 59.4 Å². The molecule has 1 saturated carbocycles. The number of carbonyl (C=O) groups is 3. The summed E-state index contributed by atoms with van der Waals surface area (Å²) in [7, 11) is 1.27. The van der Waals surface area contributed by atoms with Crippen LogP contribution in [-0.4, -0.2) is 73.9 Å². The lowest BCUT2D eigenvalue weighted by atomic mass is 9.82. The van der Waals surface area contributed by atoms with Gasteiger partial charge in [0.2, 0.25) is 11.8 Å². The van der Waals surface area contributed by atoms with Crippen LogP contribution in [0.3, 0.4) is 0 Å². The van der Waals surface area contributed by atoms with Gasteiger partial charge in [0.15, 0.2) is 0 Å². The third-order valence-corrected chi connectivity index (χ3v) is 14.0. The molecule has 3 fully saturated rings. The van der Waals surface area contributed by atoms with E-state index < -0.39 is 18.2 Å². The van der Waals surface area contributed by atoms with Crippen LogP contribution in [0.1, 0.15) is 120 Å². The molecule has 2 aliphatic heterocycles. The number of aromatic nitrogens is 4. The number of ether oxygens (including phenoxy) is 1. The molecule has 4 heterocycles. The van der Waals surface area contributed by atoms with Crippen LogP contribution >= 0.6 is 0 Å². The van der Waals surface area contributed by atoms with Gasteiger partial charge in [0.05, 0.1) is 41.0 Å². The Morgan fingerprint density at radius 1 is 0.758 bits per heavy atom. The van der Waals surface area contributed by atoms with Crippen LogP contribution in [-0.2, 0) is 27.2 Å². The van der Waals surface area contributed by atoms with Gasteiger partial charge in [0.25, 0.3) is 11.1 Å². The molecule has 2 aromatic heterocycles. The van der Waals surface area contributed by atoms with E-state index in [1.54, 1.807) is 4.90 Å². The number of carbonyl (C=O) groups excluding carboxylic acids is 3. The van der Waals surface area contributed by atoms with Gasteiger partial charge in [-0.05, 0) is 126 Å². The lowest BCUT2D eigenvalue weighted by molar-refractivity contribution is -0.135. The number of fused-ring (bicyclic) bond motifs is 3. The Balaban J connectivity index is 1.04. The highest BCUT2D eigenvalue weighted by Crippen LogP contribution is 2.53. The summed E-state index contributed by atoms with van der Waals surface area (Å²) in [6.07, 6.45) is 9.54. The molecule has 62 heavy (non-hydrogen) atoms. The standard InChI is InChI=1S/C49H57N7O6/c1-27(2)22-41(57)55-20-8-10-39(55)43-50-37-16-12-29(23-33(37)45(58)53-43)31-14-15-32(36-26-49(25-35(31)36)18-6-7-19-49)30-13-17-38-34(24-30)46(59)54-44(51-38)40-11-9-21-56(40)47(60)42(28(3)4)52-48(61)62-5/h12-17,23-24,27-28,39-40,42H,6-11,18-22,25-26H2,1-5H3,(H,52,61)(H,50,53,58)(H,51,54,59)/t39-,40?,42?/m0/s1. The van der Waals surface area contributed by atoms with E-state index >= 15 is 0 Å². The average molecular weight is 840 g/mol. The highest BCUT2D eigenvalue weighted by molar-refractivity contribution is 5.90. The van der Waals surface area contributed by atoms with Crippen molar-refractivity contribution in [3.05, 3.63) is 92.0 Å². The van der Waals surface area contributed by atoms with Gasteiger partial charge in [-0.2, -0.15) is 0 Å². The number of methoxy groups -OCH3 is 1. The van der Waals surface area contributed by atoms with E-state index in [9.17, 15) is 24.0 Å². The molecule has 1 spiro atoms. The zero-order valence-electron chi connectivity index (χ0n) is 36.4. The van der Waals surface area contributed by atoms with Crippen LogP contribution in [0.15, 0.2) is 58.1 Å². The van der Waals surface area contributed by atoms with Gasteiger partial charge >= 0.3 is 6.09 Å². The third-order valence-electron chi connectivity index (χ3n) is 14.0. The van der Waals surface area contributed by atoms with E-state index in [-0.39, 0.29) is 46.2 Å². The second-order valence-electron chi connectivity index (χ2n) is 18.9. The van der Waals surface area contributed by atoms with Crippen molar-refractivity contribution < 1.29 is 19.1 Å². The lowest BCUT2D eigenvalue weighted by Crippen LogP contribution is -2.51. The number of aromatic amines is 2. The molecule has 3 aromatic carbocycles. The summed E-state index contributed by atoms with van der Waals surface area (Å²) in [5, 5.41) is 3.69. The second kappa shape index (κ2) is 16.4. The number of nitrogens with one attached hydrogen (secondary N) is 3. The number of alkyl carbamates (subject to hydrolysis) is 1. The molecule has 5 aromatic rings. The molecule has 13 heteroatoms. The summed E-state index contributed by atoms with van der Waals surface area (Å²) < 4.78 is 4.78. The second-order valence-corrected chi connectivity index (χ2v) is 18.9. The van der Waals surface area contributed by atoms with Gasteiger partial charge in [0, 0.05) is 19.5 Å². The Bertz CT molecular complexity index is 2710. The first-order chi connectivity index (χ1) is 29.8. The first kappa shape index (κ1) is 41.5. The number of hydrogen-bond acceptors (Lipinski definition) is 8. The SMILES string of the molecule is COC(=O)NC(C(=O)N1CCCC1c1nc2ccc(-c3ccc(-c4ccc5nc([C@@H]6CCCN6C(=O)CC(C)C)[nH]c(=O)c5c4)c4c3CC3(CCCC3)C4)cc2c(=O)[nH]1)C(C)C. The van der Waals surface area contributed by atoms with Gasteiger partial charge in [-0.1, -0.05) is 64.8 Å². The minimum Gasteiger partial charge on any atom is -0.453 e. The molecule has 324 valence electrons. The normalized spacial score (nSPS) is 19.9. The predicted octanol–water partition coefficient (Wildman–Crippen LogP) is 7.91. The van der Waals surface area contributed by atoms with Gasteiger partial charge in [-0.3, -0.25) is 19.2 Å². The number of H-pyrrole nitrogens is 2. The topological polar surface area (TPSA) is 170 Å². The summed E-state index contributed by atoms with van der Waals surface area (Å²) in [5.41, 5.74) is 7.62. The maximum Gasteiger partial charge on any atom is 0.407 e. The predicted molar refractivity (Wildman–Crippen MR) is 238 cm³/mol. The van der Waals surface area contributed by atoms with E-state index in [4.69, 9.17) is 14.7 Å². The Morgan fingerprint density at radius 3 is 1.77 bits per heavy atom. The fraction of sp³-hybridized carbons (Fsp3) is 0.490. The van der Waals surface area contributed by atoms with Crippen molar-refractivity contribution >= 4 is 39.7 Å². The van der Waals surface area contributed by atoms with Crippen LogP contribution in [0, 0.1) is 17.3 Å². The van der Waals surface area contributed by atoms with Crippen LogP contribution in [0.4, 0.5) is 4.79 Å². The molecule has 0 radical (unpaired) electrons. The Labute approximate surface area is 361 Å². The van der Waals surface area contributed by atoms with Crippen LogP contribution in [0.2, 0.25) is 0 Å². The molecular formula is C49H57N7O6. The van der Waals surface area contributed by atoms with Crippen LogP contribution < -0.4 is 16.4 Å². The summed E-state index contributed by atoms with van der Waals surface area (Å²) in [6.45, 7) is 9.00. The third kappa shape index (κ3) is 7.57. The average Bonchev–Trinajstić information content (AvgIpc) is 4.09. The highest BCUT2D eigenvalue weighted by atomic mass is 16.5. The number of likely N-dealkylation sites (tertiary alicyclic amines) is 2. The summed E-state index contributed by atoms with van der Waals surface area (Å²) in [6, 6.07) is 14.8. The maximum absolute atomic E-state index is 13.9. The van der Waals surface area contributed by atoms with Gasteiger partial charge in [-0.25, -0.2) is 14.8 Å². The molecule has 3 N–H and O–H groups in total. The fourth-order valence-corrected chi connectivity index (χ4v) is 10.9. The molecule has 4 aliphatic rings. The van der Waals surface area contributed by atoms with Crippen molar-refractivity contribution in [3.63, 3.8) is 0 Å². The van der Waals surface area contributed by atoms with E-state index in [2.05, 4.69) is 33.5 Å². The minimum atomic E-state index is -0.773. The molecule has 3 amide bonds. The molecule has 3 atom stereocenters.